The average molecular weight is 615 g/mol. The molecule has 2 aliphatic rings. The van der Waals surface area contributed by atoms with Gasteiger partial charge in [0, 0.05) is 51.3 Å². The summed E-state index contributed by atoms with van der Waals surface area (Å²) in [6.45, 7) is 5.79. The van der Waals surface area contributed by atoms with E-state index in [1.165, 1.54) is 7.05 Å². The third-order valence-electron chi connectivity index (χ3n) is 8.80. The highest BCUT2D eigenvalue weighted by Gasteiger charge is 2.59. The quantitative estimate of drug-likeness (QED) is 0.323. The maximum atomic E-state index is 14.0. The van der Waals surface area contributed by atoms with Gasteiger partial charge in [-0.25, -0.2) is 0 Å². The number of likely N-dealkylation sites (tertiary alicyclic amines) is 2. The van der Waals surface area contributed by atoms with Crippen LogP contribution < -0.4 is 10.6 Å². The lowest BCUT2D eigenvalue weighted by atomic mass is 9.71. The highest BCUT2D eigenvalue weighted by atomic mass is 16.5. The van der Waals surface area contributed by atoms with E-state index < -0.39 is 23.5 Å². The van der Waals surface area contributed by atoms with Gasteiger partial charge in [-0.1, -0.05) is 67.6 Å². The smallest absolute Gasteiger partial charge is 0.257 e. The van der Waals surface area contributed by atoms with Crippen molar-refractivity contribution in [2.45, 2.75) is 52.0 Å². The summed E-state index contributed by atoms with van der Waals surface area (Å²) in [5, 5.41) is 9.96. The summed E-state index contributed by atoms with van der Waals surface area (Å²) >= 11 is 0. The molecule has 0 aliphatic carbocycles. The first-order chi connectivity index (χ1) is 21.7. The van der Waals surface area contributed by atoms with Crippen LogP contribution in [0.4, 0.5) is 0 Å². The summed E-state index contributed by atoms with van der Waals surface area (Å²) < 4.78 is 7.72. The van der Waals surface area contributed by atoms with E-state index in [2.05, 4.69) is 15.7 Å². The zero-order valence-electron chi connectivity index (χ0n) is 26.1. The molecule has 0 radical (unpaired) electrons. The monoisotopic (exact) mass is 614 g/mol. The van der Waals surface area contributed by atoms with Crippen LogP contribution in [-0.2, 0) is 32.3 Å². The normalized spacial score (nSPS) is 18.2. The molecule has 2 fully saturated rings. The molecule has 2 N–H and O–H groups in total. The second kappa shape index (κ2) is 14.1. The van der Waals surface area contributed by atoms with Crippen molar-refractivity contribution >= 4 is 23.6 Å². The van der Waals surface area contributed by atoms with Crippen LogP contribution in [-0.4, -0.2) is 88.6 Å². The molecule has 45 heavy (non-hydrogen) atoms. The fourth-order valence-corrected chi connectivity index (χ4v) is 6.28. The summed E-state index contributed by atoms with van der Waals surface area (Å²) in [4.78, 5) is 56.7. The molecule has 11 nitrogen and oxygen atoms in total. The standard InChI is InChI=1S/C34H42N6O5/c1-4-11-29(41)39-22-34(23-39)21-38(33(44)27-16-36-40(18-27)17-25-12-7-5-8-13-25)19-28(34)31(42)37-30(32(43)35-3)24(2)45-20-26-14-9-6-10-15-26/h5-10,12-16,18,24,28,30H,4,11,17,19-23H2,1-3H3,(H,35,43)(H,37,42)/t24-,28-,30+/m1/s1. The van der Waals surface area contributed by atoms with Crippen LogP contribution >= 0.6 is 0 Å². The van der Waals surface area contributed by atoms with Gasteiger partial charge in [0.15, 0.2) is 0 Å². The Hall–Kier alpha value is -4.51. The molecule has 11 heteroatoms. The Morgan fingerprint density at radius 1 is 0.978 bits per heavy atom. The number of carbonyl (C=O) groups is 4. The van der Waals surface area contributed by atoms with Gasteiger partial charge in [-0.05, 0) is 24.5 Å². The fourth-order valence-electron chi connectivity index (χ4n) is 6.28. The number of ether oxygens (including phenoxy) is 1. The second-order valence-corrected chi connectivity index (χ2v) is 12.1. The van der Waals surface area contributed by atoms with E-state index >= 15 is 0 Å². The number of carbonyl (C=O) groups excluding carboxylic acids is 4. The third kappa shape index (κ3) is 7.25. The Balaban J connectivity index is 1.31. The van der Waals surface area contributed by atoms with Gasteiger partial charge in [0.25, 0.3) is 5.91 Å². The van der Waals surface area contributed by atoms with Crippen molar-refractivity contribution in [3.8, 4) is 0 Å². The molecule has 0 bridgehead atoms. The van der Waals surface area contributed by atoms with Crippen molar-refractivity contribution in [2.75, 3.05) is 33.2 Å². The van der Waals surface area contributed by atoms with Gasteiger partial charge in [0.05, 0.1) is 36.9 Å². The number of likely N-dealkylation sites (N-methyl/N-ethyl adjacent to an activating group) is 1. The van der Waals surface area contributed by atoms with E-state index in [-0.39, 0.29) is 36.8 Å². The number of hydrogen-bond donors (Lipinski definition) is 2. The maximum absolute atomic E-state index is 14.0. The van der Waals surface area contributed by atoms with Gasteiger partial charge in [0.2, 0.25) is 17.7 Å². The van der Waals surface area contributed by atoms with Crippen molar-refractivity contribution in [1.29, 1.82) is 0 Å². The van der Waals surface area contributed by atoms with E-state index in [1.54, 1.807) is 33.8 Å². The molecule has 3 atom stereocenters. The van der Waals surface area contributed by atoms with Gasteiger partial charge in [-0.2, -0.15) is 5.10 Å². The molecule has 3 aromatic rings. The molecule has 1 spiro atoms. The second-order valence-electron chi connectivity index (χ2n) is 12.1. The van der Waals surface area contributed by atoms with Crippen LogP contribution in [0.5, 0.6) is 0 Å². The molecule has 4 amide bonds. The van der Waals surface area contributed by atoms with Gasteiger partial charge in [-0.3, -0.25) is 23.9 Å². The number of hydrogen-bond acceptors (Lipinski definition) is 6. The summed E-state index contributed by atoms with van der Waals surface area (Å²) in [5.74, 6) is -1.50. The van der Waals surface area contributed by atoms with Gasteiger partial charge in [0.1, 0.15) is 6.04 Å². The summed E-state index contributed by atoms with van der Waals surface area (Å²) in [6.07, 6.45) is 3.82. The largest absolute Gasteiger partial charge is 0.371 e. The minimum Gasteiger partial charge on any atom is -0.371 e. The molecular weight excluding hydrogens is 572 g/mol. The highest BCUT2D eigenvalue weighted by molar-refractivity contribution is 5.95. The van der Waals surface area contributed by atoms with Gasteiger partial charge >= 0.3 is 0 Å². The van der Waals surface area contributed by atoms with Crippen molar-refractivity contribution in [3.63, 3.8) is 0 Å². The summed E-state index contributed by atoms with van der Waals surface area (Å²) in [6, 6.07) is 18.5. The number of benzene rings is 2. The minimum absolute atomic E-state index is 0.0421. The number of nitrogens with zero attached hydrogens (tertiary/aromatic N) is 4. The Kier molecular flexibility index (Phi) is 9.97. The lowest BCUT2D eigenvalue weighted by Gasteiger charge is -2.50. The summed E-state index contributed by atoms with van der Waals surface area (Å²) in [5.41, 5.74) is 1.85. The lowest BCUT2D eigenvalue weighted by molar-refractivity contribution is -0.150. The maximum Gasteiger partial charge on any atom is 0.257 e. The molecule has 2 aromatic carbocycles. The van der Waals surface area contributed by atoms with Crippen LogP contribution in [0, 0.1) is 11.3 Å². The lowest BCUT2D eigenvalue weighted by Crippen LogP contribution is -2.65. The first-order valence-corrected chi connectivity index (χ1v) is 15.5. The molecule has 2 aliphatic heterocycles. The van der Waals surface area contributed by atoms with E-state index in [9.17, 15) is 19.2 Å². The molecule has 1 aromatic heterocycles. The van der Waals surface area contributed by atoms with Crippen LogP contribution in [0.1, 0.15) is 48.2 Å². The van der Waals surface area contributed by atoms with Crippen molar-refractivity contribution in [3.05, 3.63) is 89.7 Å². The number of amides is 4. The van der Waals surface area contributed by atoms with Crippen molar-refractivity contribution in [2.24, 2.45) is 11.3 Å². The van der Waals surface area contributed by atoms with Crippen LogP contribution in [0.15, 0.2) is 73.1 Å². The van der Waals surface area contributed by atoms with Gasteiger partial charge in [-0.15, -0.1) is 0 Å². The van der Waals surface area contributed by atoms with E-state index in [1.807, 2.05) is 67.6 Å². The van der Waals surface area contributed by atoms with E-state index in [0.29, 0.717) is 38.2 Å². The molecule has 238 valence electrons. The Bertz CT molecular complexity index is 1490. The number of rotatable bonds is 12. The fraction of sp³-hybridized carbons (Fsp3) is 0.441. The SMILES string of the molecule is CCCC(=O)N1CC2(C1)CN(C(=O)c1cnn(Cc3ccccc3)c1)C[C@@H]2C(=O)N[C@H](C(=O)NC)[C@@H](C)OCc1ccccc1. The van der Waals surface area contributed by atoms with Gasteiger partial charge < -0.3 is 25.2 Å². The summed E-state index contributed by atoms with van der Waals surface area (Å²) in [7, 11) is 1.52. The topological polar surface area (TPSA) is 126 Å². The molecule has 5 rings (SSSR count). The molecule has 0 unspecified atom stereocenters. The molecule has 0 saturated carbocycles. The van der Waals surface area contributed by atoms with Crippen molar-refractivity contribution < 1.29 is 23.9 Å². The van der Waals surface area contributed by atoms with Crippen LogP contribution in [0.25, 0.3) is 0 Å². The first-order valence-electron chi connectivity index (χ1n) is 15.5. The van der Waals surface area contributed by atoms with E-state index in [0.717, 1.165) is 17.5 Å². The number of nitrogens with one attached hydrogen (secondary N) is 2. The Labute approximate surface area is 263 Å². The molecule has 3 heterocycles. The average Bonchev–Trinajstić information content (AvgIpc) is 3.68. The van der Waals surface area contributed by atoms with E-state index in [4.69, 9.17) is 4.74 Å². The Morgan fingerprint density at radius 2 is 1.62 bits per heavy atom. The zero-order valence-corrected chi connectivity index (χ0v) is 26.1. The predicted molar refractivity (Wildman–Crippen MR) is 168 cm³/mol. The highest BCUT2D eigenvalue weighted by Crippen LogP contribution is 2.45. The molecular formula is C34H42N6O5. The Morgan fingerprint density at radius 3 is 2.27 bits per heavy atom. The zero-order chi connectivity index (χ0) is 32.0. The number of aromatic nitrogens is 2. The third-order valence-corrected chi connectivity index (χ3v) is 8.80. The van der Waals surface area contributed by atoms with Crippen molar-refractivity contribution in [1.82, 2.24) is 30.2 Å². The first kappa shape index (κ1) is 31.9. The van der Waals surface area contributed by atoms with Crippen LogP contribution in [0.2, 0.25) is 0 Å². The molecule has 2 saturated heterocycles. The predicted octanol–water partition coefficient (Wildman–Crippen LogP) is 2.47. The van der Waals surface area contributed by atoms with Crippen LogP contribution in [0.3, 0.4) is 0 Å². The minimum atomic E-state index is -0.942.